The highest BCUT2D eigenvalue weighted by molar-refractivity contribution is 7.80. The Morgan fingerprint density at radius 2 is 2.00 bits per heavy atom. The number of aromatic nitrogens is 3. The molecule has 1 aliphatic heterocycles. The second-order valence-electron chi connectivity index (χ2n) is 10.8. The Morgan fingerprint density at radius 3 is 2.56 bits per heavy atom. The summed E-state index contributed by atoms with van der Waals surface area (Å²) in [6.07, 6.45) is 0.549. The van der Waals surface area contributed by atoms with Crippen LogP contribution in [0.15, 0.2) is 34.9 Å². The van der Waals surface area contributed by atoms with E-state index in [1.165, 1.54) is 31.4 Å². The number of amides is 2. The fourth-order valence-electron chi connectivity index (χ4n) is 4.55. The number of nitrogen functional groups attached to an aromatic ring is 2. The van der Waals surface area contributed by atoms with Crippen LogP contribution >= 0.6 is 11.3 Å². The van der Waals surface area contributed by atoms with Crippen molar-refractivity contribution in [1.29, 1.82) is 0 Å². The van der Waals surface area contributed by atoms with Crippen LogP contribution in [0.25, 0.3) is 11.1 Å². The lowest BCUT2D eigenvalue weighted by molar-refractivity contribution is -0.772. The van der Waals surface area contributed by atoms with Crippen LogP contribution in [0.5, 0.6) is 5.75 Å². The highest BCUT2D eigenvalue weighted by Gasteiger charge is 2.58. The zero-order chi connectivity index (χ0) is 35.6. The summed E-state index contributed by atoms with van der Waals surface area (Å²) in [4.78, 5) is 46.7. The van der Waals surface area contributed by atoms with Crippen molar-refractivity contribution in [3.05, 3.63) is 41.3 Å². The summed E-state index contributed by atoms with van der Waals surface area (Å²) < 4.78 is 59.5. The van der Waals surface area contributed by atoms with Crippen molar-refractivity contribution in [2.45, 2.75) is 44.5 Å². The number of anilines is 2. The third-order valence-electron chi connectivity index (χ3n) is 7.16. The second kappa shape index (κ2) is 14.1. The summed E-state index contributed by atoms with van der Waals surface area (Å²) in [5.41, 5.74) is 15.8. The van der Waals surface area contributed by atoms with E-state index in [0.29, 0.717) is 36.0 Å². The Hall–Kier alpha value is -4.90. The number of hydroxylamine groups is 2. The van der Waals surface area contributed by atoms with Gasteiger partial charge in [0, 0.05) is 23.4 Å². The van der Waals surface area contributed by atoms with Crippen molar-refractivity contribution in [1.82, 2.24) is 20.0 Å². The Labute approximate surface area is 276 Å². The Kier molecular flexibility index (Phi) is 10.5. The molecular weight excluding hydrogens is 681 g/mol. The standard InChI is InChI=1S/C26H32FN9O10S2/c1-26(2)20(23(38)36(26)46-48(41,42)43)32-22(37)19(17-12-47-25(30)31-17)33-45-18(24(39)40)11-44-13-5-6-14(16(27)9-13)15-10-35(8-4-7-28)34(3)21(15)29/h5-6,9-10,12,18,20,29H,4,7-8,11,28H2,1-3H3,(H5,30,31,32,37,39,40,41,42,43)/p+1/b33-19-/t18-,20?/m0/s1. The molecule has 2 atom stereocenters. The number of carbonyl (C=O) groups is 3. The number of ether oxygens (including phenoxy) is 1. The molecule has 1 unspecified atom stereocenters. The quantitative estimate of drug-likeness (QED) is 0.0369. The molecule has 2 aromatic heterocycles. The van der Waals surface area contributed by atoms with E-state index in [1.54, 1.807) is 22.6 Å². The number of carboxylic acids is 1. The number of carbonyl (C=O) groups excluding carboxylic acids is 2. The molecule has 1 aliphatic rings. The van der Waals surface area contributed by atoms with Crippen molar-refractivity contribution in [3.63, 3.8) is 0 Å². The number of carboxylic acid groups (broad SMARTS) is 1. The number of oxime groups is 1. The van der Waals surface area contributed by atoms with Crippen molar-refractivity contribution < 1.29 is 55.4 Å². The molecule has 0 saturated carbocycles. The van der Waals surface area contributed by atoms with Gasteiger partial charge in [0.1, 0.15) is 29.9 Å². The molecule has 0 spiro atoms. The highest BCUT2D eigenvalue weighted by atomic mass is 32.3. The van der Waals surface area contributed by atoms with Crippen molar-refractivity contribution >= 4 is 56.2 Å². The summed E-state index contributed by atoms with van der Waals surface area (Å²) in [5.74, 6) is -4.09. The van der Waals surface area contributed by atoms with Gasteiger partial charge in [-0.1, -0.05) is 5.16 Å². The minimum Gasteiger partial charge on any atom is -0.489 e. The molecule has 0 aliphatic carbocycles. The van der Waals surface area contributed by atoms with Crippen molar-refractivity contribution in [2.24, 2.45) is 17.9 Å². The van der Waals surface area contributed by atoms with Crippen LogP contribution in [-0.4, -0.2) is 87.1 Å². The Balaban J connectivity index is 1.49. The van der Waals surface area contributed by atoms with E-state index in [0.717, 1.165) is 17.4 Å². The first kappa shape index (κ1) is 35.9. The molecule has 2 amide bonds. The zero-order valence-corrected chi connectivity index (χ0v) is 27.3. The zero-order valence-electron chi connectivity index (χ0n) is 25.7. The maximum Gasteiger partial charge on any atom is 0.418 e. The van der Waals surface area contributed by atoms with Crippen LogP contribution in [0.2, 0.25) is 0 Å². The number of benzene rings is 1. The maximum absolute atomic E-state index is 15.2. The minimum absolute atomic E-state index is 0.0181. The van der Waals surface area contributed by atoms with Gasteiger partial charge in [0.05, 0.1) is 18.2 Å². The van der Waals surface area contributed by atoms with Gasteiger partial charge in [-0.15, -0.1) is 25.0 Å². The second-order valence-corrected chi connectivity index (χ2v) is 12.7. The van der Waals surface area contributed by atoms with Crippen LogP contribution in [0.3, 0.4) is 0 Å². The normalized spacial score (nSPS) is 16.7. The lowest BCUT2D eigenvalue weighted by Crippen LogP contribution is -2.76. The van der Waals surface area contributed by atoms with E-state index >= 15 is 4.39 Å². The van der Waals surface area contributed by atoms with E-state index < -0.39 is 64.0 Å². The number of thiazole rings is 1. The molecule has 260 valence electrons. The molecule has 3 aromatic rings. The Morgan fingerprint density at radius 1 is 1.29 bits per heavy atom. The number of nitrogens with zero attached hydrogens (tertiary/aromatic N) is 5. The number of aliphatic carboxylic acids is 1. The third kappa shape index (κ3) is 7.79. The number of aryl methyl sites for hydroxylation is 1. The fraction of sp³-hybridized carbons (Fsp3) is 0.385. The molecule has 1 fully saturated rings. The number of hydrogen-bond acceptors (Lipinski definition) is 14. The molecule has 0 radical (unpaired) electrons. The van der Waals surface area contributed by atoms with Gasteiger partial charge >= 0.3 is 16.4 Å². The first-order valence-electron chi connectivity index (χ1n) is 13.9. The van der Waals surface area contributed by atoms with Gasteiger partial charge in [0.15, 0.2) is 23.2 Å². The lowest BCUT2D eigenvalue weighted by Gasteiger charge is -2.50. The molecule has 1 aromatic carbocycles. The lowest BCUT2D eigenvalue weighted by atomic mass is 9.84. The molecule has 1 saturated heterocycles. The predicted molar refractivity (Wildman–Crippen MR) is 166 cm³/mol. The summed E-state index contributed by atoms with van der Waals surface area (Å²) in [7, 11) is -3.32. The molecule has 48 heavy (non-hydrogen) atoms. The van der Waals surface area contributed by atoms with Gasteiger partial charge in [0.25, 0.3) is 17.9 Å². The van der Waals surface area contributed by atoms with Crippen LogP contribution in [0.1, 0.15) is 26.0 Å². The van der Waals surface area contributed by atoms with Gasteiger partial charge in [-0.2, -0.15) is 13.5 Å². The monoisotopic (exact) mass is 714 g/mol. The summed E-state index contributed by atoms with van der Waals surface area (Å²) >= 11 is 0.920. The number of nitrogens with two attached hydrogens (primary N) is 3. The molecule has 0 bridgehead atoms. The first-order valence-corrected chi connectivity index (χ1v) is 16.2. The van der Waals surface area contributed by atoms with E-state index in [-0.39, 0.29) is 22.1 Å². The molecule has 9 N–H and O–H groups in total. The SMILES string of the molecule is Cn1c(N)c(-c2ccc(OC[C@H](O/N=C(\C(=O)NC3C(=O)N(OS(=O)(=O)O)C3(C)C)c3csc(N)n3)C(=O)O)cc2F)c[n+]1CCCN. The molecule has 3 heterocycles. The number of halogens is 1. The minimum atomic E-state index is -5.04. The van der Waals surface area contributed by atoms with Crippen molar-refractivity contribution in [2.75, 3.05) is 24.6 Å². The highest BCUT2D eigenvalue weighted by Crippen LogP contribution is 2.33. The van der Waals surface area contributed by atoms with E-state index in [1.807, 2.05) is 0 Å². The van der Waals surface area contributed by atoms with Gasteiger partial charge in [-0.05, 0) is 32.5 Å². The van der Waals surface area contributed by atoms with E-state index in [9.17, 15) is 27.9 Å². The average Bonchev–Trinajstić information content (AvgIpc) is 3.56. The van der Waals surface area contributed by atoms with Gasteiger partial charge in [-0.25, -0.2) is 14.2 Å². The smallest absolute Gasteiger partial charge is 0.418 e. The fourth-order valence-corrected chi connectivity index (χ4v) is 5.55. The van der Waals surface area contributed by atoms with Crippen LogP contribution < -0.4 is 31.9 Å². The third-order valence-corrected chi connectivity index (χ3v) is 8.17. The number of hydrogen-bond donors (Lipinski definition) is 6. The van der Waals surface area contributed by atoms with Crippen LogP contribution in [-0.2, 0) is 47.5 Å². The van der Waals surface area contributed by atoms with Crippen molar-refractivity contribution in [3.8, 4) is 16.9 Å². The number of β-lactam (4-membered cyclic amide) rings is 1. The van der Waals surface area contributed by atoms with E-state index in [4.69, 9.17) is 31.3 Å². The summed E-state index contributed by atoms with van der Waals surface area (Å²) in [5, 5.41) is 17.4. The molecule has 4 rings (SSSR count). The van der Waals surface area contributed by atoms with Gasteiger partial charge < -0.3 is 37.2 Å². The summed E-state index contributed by atoms with van der Waals surface area (Å²) in [6.45, 7) is 3.01. The Bertz CT molecular complexity index is 1860. The molecule has 22 heteroatoms. The molecular formula is C26H33FN9O10S2+. The first-order chi connectivity index (χ1) is 22.4. The predicted octanol–water partition coefficient (Wildman–Crippen LogP) is -0.819. The van der Waals surface area contributed by atoms with Crippen LogP contribution in [0, 0.1) is 5.82 Å². The van der Waals surface area contributed by atoms with Gasteiger partial charge in [0.2, 0.25) is 6.20 Å². The largest absolute Gasteiger partial charge is 0.489 e. The van der Waals surface area contributed by atoms with Gasteiger partial charge in [-0.3, -0.25) is 14.1 Å². The van der Waals surface area contributed by atoms with Crippen LogP contribution in [0.4, 0.5) is 15.3 Å². The maximum atomic E-state index is 15.2. The number of rotatable bonds is 15. The topological polar surface area (TPSA) is 281 Å². The summed E-state index contributed by atoms with van der Waals surface area (Å²) in [6, 6.07) is 2.49. The average molecular weight is 715 g/mol. The molecule has 19 nitrogen and oxygen atoms in total. The number of nitrogens with one attached hydrogen (secondary N) is 1. The van der Waals surface area contributed by atoms with E-state index in [2.05, 4.69) is 19.7 Å².